The number of rotatable bonds is 5. The van der Waals surface area contributed by atoms with Crippen LogP contribution in [0.5, 0.6) is 17.2 Å². The molecule has 0 fully saturated rings. The summed E-state index contributed by atoms with van der Waals surface area (Å²) in [5.74, 6) is 2.33. The summed E-state index contributed by atoms with van der Waals surface area (Å²) in [6, 6.07) is 12.3. The number of nitrogens with one attached hydrogen (secondary N) is 1. The number of hydrogen-bond donors (Lipinski definition) is 1. The summed E-state index contributed by atoms with van der Waals surface area (Å²) in [4.78, 5) is 12.3. The molecule has 2 heterocycles. The summed E-state index contributed by atoms with van der Waals surface area (Å²) in [5.41, 5.74) is 1.23. The van der Waals surface area contributed by atoms with Gasteiger partial charge in [0.25, 0.3) is 5.91 Å². The van der Waals surface area contributed by atoms with E-state index in [-0.39, 0.29) is 19.2 Å². The quantitative estimate of drug-likeness (QED) is 0.752. The van der Waals surface area contributed by atoms with Crippen LogP contribution in [0.15, 0.2) is 46.9 Å². The molecule has 0 saturated carbocycles. The molecular weight excluding hydrogens is 338 g/mol. The molecule has 2 aromatic carbocycles. The van der Waals surface area contributed by atoms with Gasteiger partial charge in [0.15, 0.2) is 11.5 Å². The minimum Gasteiger partial charge on any atom is -0.497 e. The number of benzene rings is 2. The first-order valence-electron chi connectivity index (χ1n) is 7.87. The Kier molecular flexibility index (Phi) is 4.14. The topological polar surface area (TPSA) is 95.7 Å². The zero-order valence-electron chi connectivity index (χ0n) is 13.9. The Labute approximate surface area is 148 Å². The van der Waals surface area contributed by atoms with Crippen LogP contribution in [0.25, 0.3) is 11.5 Å². The largest absolute Gasteiger partial charge is 0.497 e. The molecule has 8 nitrogen and oxygen atoms in total. The molecule has 3 aromatic rings. The Morgan fingerprint density at radius 2 is 1.92 bits per heavy atom. The van der Waals surface area contributed by atoms with E-state index in [9.17, 15) is 4.79 Å². The van der Waals surface area contributed by atoms with Gasteiger partial charge in [-0.25, -0.2) is 0 Å². The van der Waals surface area contributed by atoms with E-state index >= 15 is 0 Å². The lowest BCUT2D eigenvalue weighted by molar-refractivity contribution is 0.0947. The van der Waals surface area contributed by atoms with Gasteiger partial charge in [-0.3, -0.25) is 4.79 Å². The van der Waals surface area contributed by atoms with E-state index < -0.39 is 0 Å². The maximum absolute atomic E-state index is 12.3. The van der Waals surface area contributed by atoms with Gasteiger partial charge in [0.05, 0.1) is 13.7 Å². The second-order valence-electron chi connectivity index (χ2n) is 5.48. The normalized spacial score (nSPS) is 12.0. The van der Waals surface area contributed by atoms with Crippen molar-refractivity contribution >= 4 is 5.91 Å². The Hall–Kier alpha value is -3.55. The first-order chi connectivity index (χ1) is 12.7. The summed E-state index contributed by atoms with van der Waals surface area (Å²) in [6.45, 7) is 0.285. The van der Waals surface area contributed by atoms with E-state index in [2.05, 4.69) is 15.5 Å². The fourth-order valence-electron chi connectivity index (χ4n) is 2.47. The van der Waals surface area contributed by atoms with Crippen molar-refractivity contribution in [2.75, 3.05) is 13.9 Å². The van der Waals surface area contributed by atoms with Crippen molar-refractivity contribution in [1.29, 1.82) is 0 Å². The molecule has 1 aromatic heterocycles. The van der Waals surface area contributed by atoms with Gasteiger partial charge in [-0.2, -0.15) is 0 Å². The first-order valence-corrected chi connectivity index (χ1v) is 7.87. The number of fused-ring (bicyclic) bond motifs is 1. The number of nitrogens with zero attached hydrogens (tertiary/aromatic N) is 2. The molecule has 0 saturated heterocycles. The number of ether oxygens (including phenoxy) is 3. The number of methoxy groups -OCH3 is 1. The van der Waals surface area contributed by atoms with Crippen molar-refractivity contribution in [2.24, 2.45) is 0 Å². The van der Waals surface area contributed by atoms with Gasteiger partial charge < -0.3 is 23.9 Å². The van der Waals surface area contributed by atoms with Crippen LogP contribution in [0.1, 0.15) is 16.2 Å². The monoisotopic (exact) mass is 353 g/mol. The highest BCUT2D eigenvalue weighted by atomic mass is 16.7. The maximum Gasteiger partial charge on any atom is 0.251 e. The van der Waals surface area contributed by atoms with Crippen LogP contribution < -0.4 is 19.5 Å². The highest BCUT2D eigenvalue weighted by Gasteiger charge is 2.17. The predicted octanol–water partition coefficient (Wildman–Crippen LogP) is 2.40. The van der Waals surface area contributed by atoms with Crippen molar-refractivity contribution in [3.05, 3.63) is 53.9 Å². The molecule has 8 heteroatoms. The Morgan fingerprint density at radius 3 is 2.73 bits per heavy atom. The number of carbonyl (C=O) groups is 1. The number of carbonyl (C=O) groups excluding carboxylic acids is 1. The molecule has 1 aliphatic rings. The molecule has 1 amide bonds. The Balaban J connectivity index is 1.40. The molecule has 132 valence electrons. The van der Waals surface area contributed by atoms with E-state index in [1.807, 2.05) is 12.1 Å². The average Bonchev–Trinajstić information content (AvgIpc) is 3.35. The molecule has 0 atom stereocenters. The van der Waals surface area contributed by atoms with Crippen LogP contribution in [0.3, 0.4) is 0 Å². The summed E-state index contributed by atoms with van der Waals surface area (Å²) in [5, 5.41) is 10.7. The second-order valence-corrected chi connectivity index (χ2v) is 5.48. The first kappa shape index (κ1) is 15.9. The molecule has 0 radical (unpaired) electrons. The molecular formula is C18H15N3O5. The van der Waals surface area contributed by atoms with E-state index in [0.717, 1.165) is 11.3 Å². The summed E-state index contributed by atoms with van der Waals surface area (Å²) in [7, 11) is 1.60. The SMILES string of the molecule is COc1ccc(-c2nnc(CNC(=O)c3ccc4c(c3)OCO4)o2)cc1. The summed E-state index contributed by atoms with van der Waals surface area (Å²) >= 11 is 0. The molecule has 0 spiro atoms. The molecule has 0 unspecified atom stereocenters. The lowest BCUT2D eigenvalue weighted by Gasteiger charge is -2.03. The molecule has 1 aliphatic heterocycles. The van der Waals surface area contributed by atoms with Gasteiger partial charge in [-0.15, -0.1) is 10.2 Å². The smallest absolute Gasteiger partial charge is 0.251 e. The average molecular weight is 353 g/mol. The Morgan fingerprint density at radius 1 is 1.12 bits per heavy atom. The van der Waals surface area contributed by atoms with E-state index in [1.54, 1.807) is 37.4 Å². The number of aromatic nitrogens is 2. The third kappa shape index (κ3) is 3.16. The van der Waals surface area contributed by atoms with Crippen molar-refractivity contribution in [3.63, 3.8) is 0 Å². The summed E-state index contributed by atoms with van der Waals surface area (Å²) in [6.07, 6.45) is 0. The molecule has 1 N–H and O–H groups in total. The molecule has 4 rings (SSSR count). The van der Waals surface area contributed by atoms with Gasteiger partial charge >= 0.3 is 0 Å². The fourth-order valence-corrected chi connectivity index (χ4v) is 2.47. The minimum atomic E-state index is -0.271. The van der Waals surface area contributed by atoms with E-state index in [4.69, 9.17) is 18.6 Å². The molecule has 0 aliphatic carbocycles. The number of hydrogen-bond acceptors (Lipinski definition) is 7. The van der Waals surface area contributed by atoms with Crippen molar-refractivity contribution < 1.29 is 23.4 Å². The highest BCUT2D eigenvalue weighted by molar-refractivity contribution is 5.94. The van der Waals surface area contributed by atoms with Crippen LogP contribution in [0.2, 0.25) is 0 Å². The van der Waals surface area contributed by atoms with E-state index in [1.165, 1.54) is 0 Å². The van der Waals surface area contributed by atoms with Crippen molar-refractivity contribution in [3.8, 4) is 28.7 Å². The zero-order valence-corrected chi connectivity index (χ0v) is 13.9. The minimum absolute atomic E-state index is 0.121. The highest BCUT2D eigenvalue weighted by Crippen LogP contribution is 2.32. The lowest BCUT2D eigenvalue weighted by Crippen LogP contribution is -2.22. The van der Waals surface area contributed by atoms with Gasteiger partial charge in [-0.1, -0.05) is 0 Å². The van der Waals surface area contributed by atoms with Gasteiger partial charge in [0.2, 0.25) is 18.6 Å². The lowest BCUT2D eigenvalue weighted by atomic mass is 10.2. The molecule has 0 bridgehead atoms. The van der Waals surface area contributed by atoms with Crippen molar-refractivity contribution in [2.45, 2.75) is 6.54 Å². The maximum atomic E-state index is 12.3. The van der Waals surface area contributed by atoms with Gasteiger partial charge in [0, 0.05) is 11.1 Å². The predicted molar refractivity (Wildman–Crippen MR) is 90.0 cm³/mol. The van der Waals surface area contributed by atoms with Crippen LogP contribution in [-0.4, -0.2) is 30.0 Å². The van der Waals surface area contributed by atoms with Crippen LogP contribution in [-0.2, 0) is 6.54 Å². The van der Waals surface area contributed by atoms with Crippen molar-refractivity contribution in [1.82, 2.24) is 15.5 Å². The molecule has 26 heavy (non-hydrogen) atoms. The van der Waals surface area contributed by atoms with Gasteiger partial charge in [0.1, 0.15) is 5.75 Å². The fraction of sp³-hybridized carbons (Fsp3) is 0.167. The van der Waals surface area contributed by atoms with E-state index in [0.29, 0.717) is 28.8 Å². The van der Waals surface area contributed by atoms with Crippen LogP contribution in [0.4, 0.5) is 0 Å². The van der Waals surface area contributed by atoms with Crippen LogP contribution in [0, 0.1) is 0 Å². The Bertz CT molecular complexity index is 936. The van der Waals surface area contributed by atoms with Crippen LogP contribution >= 0.6 is 0 Å². The third-order valence-corrected chi connectivity index (χ3v) is 3.84. The van der Waals surface area contributed by atoms with Gasteiger partial charge in [-0.05, 0) is 42.5 Å². The third-order valence-electron chi connectivity index (χ3n) is 3.84. The summed E-state index contributed by atoms with van der Waals surface area (Å²) < 4.78 is 21.2. The standard InChI is InChI=1S/C18H15N3O5/c1-23-13-5-2-11(3-6-13)18-21-20-16(26-18)9-19-17(22)12-4-7-14-15(8-12)25-10-24-14/h2-8H,9-10H2,1H3,(H,19,22). The zero-order chi connectivity index (χ0) is 17.9. The second kappa shape index (κ2) is 6.75. The number of amides is 1.